The molecular weight excluding hydrogens is 364 g/mol. The summed E-state index contributed by atoms with van der Waals surface area (Å²) in [6, 6.07) is 16.3. The number of benzene rings is 2. The lowest BCUT2D eigenvalue weighted by Crippen LogP contribution is -2.35. The summed E-state index contributed by atoms with van der Waals surface area (Å²) < 4.78 is 5.11. The van der Waals surface area contributed by atoms with E-state index in [-0.39, 0.29) is 12.1 Å². The van der Waals surface area contributed by atoms with Crippen molar-refractivity contribution in [3.05, 3.63) is 75.8 Å². The summed E-state index contributed by atoms with van der Waals surface area (Å²) in [5, 5.41) is 12.4. The minimum Gasteiger partial charge on any atom is -0.448 e. The minimum absolute atomic E-state index is 0.176. The Balaban J connectivity index is 1.96. The van der Waals surface area contributed by atoms with E-state index in [0.717, 1.165) is 11.1 Å². The van der Waals surface area contributed by atoms with Crippen molar-refractivity contribution in [2.45, 2.75) is 26.5 Å². The predicted octanol–water partition coefficient (Wildman–Crippen LogP) is 3.80. The van der Waals surface area contributed by atoms with E-state index in [0.29, 0.717) is 10.6 Å². The third-order valence-electron chi connectivity index (χ3n) is 3.79. The first-order valence-corrected chi connectivity index (χ1v) is 8.69. The smallest absolute Gasteiger partial charge is 0.349 e. The first kappa shape index (κ1) is 20.2. The number of nitrogens with one attached hydrogen (secondary N) is 1. The van der Waals surface area contributed by atoms with E-state index in [2.05, 4.69) is 5.32 Å². The van der Waals surface area contributed by atoms with Crippen molar-refractivity contribution in [1.82, 2.24) is 5.32 Å². The van der Waals surface area contributed by atoms with Gasteiger partial charge in [-0.2, -0.15) is 5.26 Å². The number of aryl methyl sites for hydroxylation is 1. The average Bonchev–Trinajstić information content (AvgIpc) is 2.66. The molecule has 5 nitrogen and oxygen atoms in total. The molecule has 1 N–H and O–H groups in total. The molecule has 138 valence electrons. The van der Waals surface area contributed by atoms with Crippen LogP contribution in [0.15, 0.2) is 54.1 Å². The van der Waals surface area contributed by atoms with Crippen molar-refractivity contribution < 1.29 is 14.3 Å². The molecule has 0 bridgehead atoms. The highest BCUT2D eigenvalue weighted by molar-refractivity contribution is 6.31. The maximum absolute atomic E-state index is 12.2. The summed E-state index contributed by atoms with van der Waals surface area (Å²) in [5.74, 6) is -1.32. The van der Waals surface area contributed by atoms with E-state index in [1.165, 1.54) is 13.0 Å². The number of halogens is 1. The Kier molecular flexibility index (Phi) is 7.16. The zero-order valence-corrected chi connectivity index (χ0v) is 15.8. The van der Waals surface area contributed by atoms with Crippen molar-refractivity contribution in [1.29, 1.82) is 5.26 Å². The van der Waals surface area contributed by atoms with Crippen LogP contribution in [0.25, 0.3) is 6.08 Å². The van der Waals surface area contributed by atoms with Crippen molar-refractivity contribution >= 4 is 29.6 Å². The molecule has 0 unspecified atom stereocenters. The molecule has 6 heteroatoms. The Morgan fingerprint density at radius 3 is 2.52 bits per heavy atom. The molecule has 0 saturated carbocycles. The van der Waals surface area contributed by atoms with Gasteiger partial charge >= 0.3 is 5.97 Å². The predicted molar refractivity (Wildman–Crippen MR) is 104 cm³/mol. The molecule has 2 aromatic rings. The third kappa shape index (κ3) is 5.98. The van der Waals surface area contributed by atoms with Crippen LogP contribution in [-0.2, 0) is 20.9 Å². The number of amides is 1. The summed E-state index contributed by atoms with van der Waals surface area (Å²) >= 11 is 6.04. The Morgan fingerprint density at radius 1 is 1.22 bits per heavy atom. The van der Waals surface area contributed by atoms with Crippen LogP contribution in [-0.4, -0.2) is 18.0 Å². The third-order valence-corrected chi connectivity index (χ3v) is 4.16. The molecule has 2 aromatic carbocycles. The summed E-state index contributed by atoms with van der Waals surface area (Å²) in [5.41, 5.74) is 2.34. The average molecular weight is 383 g/mol. The fourth-order valence-electron chi connectivity index (χ4n) is 2.21. The van der Waals surface area contributed by atoms with Crippen LogP contribution in [0.5, 0.6) is 0 Å². The van der Waals surface area contributed by atoms with Crippen LogP contribution in [0.3, 0.4) is 0 Å². The summed E-state index contributed by atoms with van der Waals surface area (Å²) in [6.45, 7) is 3.60. The Morgan fingerprint density at radius 2 is 1.89 bits per heavy atom. The number of ether oxygens (including phenoxy) is 1. The molecule has 2 rings (SSSR count). The number of nitriles is 1. The second-order valence-electron chi connectivity index (χ2n) is 5.94. The van der Waals surface area contributed by atoms with Crippen LogP contribution < -0.4 is 5.32 Å². The second-order valence-corrected chi connectivity index (χ2v) is 6.34. The Labute approximate surface area is 163 Å². The van der Waals surface area contributed by atoms with Gasteiger partial charge in [-0.1, -0.05) is 59.6 Å². The van der Waals surface area contributed by atoms with Crippen molar-refractivity contribution in [3.63, 3.8) is 0 Å². The highest BCUT2D eigenvalue weighted by Crippen LogP contribution is 2.14. The van der Waals surface area contributed by atoms with Gasteiger partial charge in [-0.25, -0.2) is 4.79 Å². The molecule has 27 heavy (non-hydrogen) atoms. The topological polar surface area (TPSA) is 79.2 Å². The lowest BCUT2D eigenvalue weighted by atomic mass is 10.1. The van der Waals surface area contributed by atoms with E-state index >= 15 is 0 Å². The fourth-order valence-corrected chi connectivity index (χ4v) is 2.41. The molecule has 0 aliphatic rings. The molecule has 1 atom stereocenters. The highest BCUT2D eigenvalue weighted by atomic mass is 35.5. The van der Waals surface area contributed by atoms with Gasteiger partial charge in [0.25, 0.3) is 5.91 Å². The molecule has 0 aliphatic heterocycles. The van der Waals surface area contributed by atoms with Crippen LogP contribution in [0, 0.1) is 18.3 Å². The first-order chi connectivity index (χ1) is 12.9. The number of rotatable bonds is 6. The largest absolute Gasteiger partial charge is 0.448 e. The monoisotopic (exact) mass is 382 g/mol. The molecular formula is C21H19ClN2O3. The number of nitrogens with zero attached hydrogens (tertiary/aromatic N) is 1. The number of carbonyl (C=O) groups is 2. The van der Waals surface area contributed by atoms with Crippen LogP contribution in [0.4, 0.5) is 0 Å². The molecule has 0 aromatic heterocycles. The lowest BCUT2D eigenvalue weighted by molar-refractivity contribution is -0.150. The SMILES string of the molecule is Cc1ccc(/C=C(\C#N)C(=O)O[C@@H](C)C(=O)NCc2ccccc2Cl)cc1. The highest BCUT2D eigenvalue weighted by Gasteiger charge is 2.20. The maximum atomic E-state index is 12.2. The van der Waals surface area contributed by atoms with E-state index < -0.39 is 18.0 Å². The van der Waals surface area contributed by atoms with Crippen molar-refractivity contribution in [2.24, 2.45) is 0 Å². The summed E-state index contributed by atoms with van der Waals surface area (Å²) in [6.07, 6.45) is 0.380. The van der Waals surface area contributed by atoms with Gasteiger partial charge in [-0.15, -0.1) is 0 Å². The van der Waals surface area contributed by atoms with Gasteiger partial charge in [0.2, 0.25) is 0 Å². The van der Waals surface area contributed by atoms with E-state index in [1.807, 2.05) is 31.2 Å². The summed E-state index contributed by atoms with van der Waals surface area (Å²) in [4.78, 5) is 24.3. The maximum Gasteiger partial charge on any atom is 0.349 e. The molecule has 0 heterocycles. The normalized spacial score (nSPS) is 12.0. The summed E-state index contributed by atoms with van der Waals surface area (Å²) in [7, 11) is 0. The Hall–Kier alpha value is -3.10. The Bertz CT molecular complexity index is 898. The second kappa shape index (κ2) is 9.56. The molecule has 0 saturated heterocycles. The van der Waals surface area contributed by atoms with Crippen LogP contribution in [0.1, 0.15) is 23.6 Å². The fraction of sp³-hybridized carbons (Fsp3) is 0.190. The van der Waals surface area contributed by atoms with E-state index in [9.17, 15) is 14.9 Å². The minimum atomic E-state index is -1.05. The quantitative estimate of drug-likeness (QED) is 0.468. The zero-order chi connectivity index (χ0) is 19.8. The van der Waals surface area contributed by atoms with Gasteiger partial charge in [0.05, 0.1) is 0 Å². The van der Waals surface area contributed by atoms with E-state index in [4.69, 9.17) is 16.3 Å². The van der Waals surface area contributed by atoms with Gasteiger partial charge in [0.15, 0.2) is 6.10 Å². The number of esters is 1. The number of hydrogen-bond acceptors (Lipinski definition) is 4. The van der Waals surface area contributed by atoms with Gasteiger partial charge in [-0.05, 0) is 37.1 Å². The van der Waals surface area contributed by atoms with Gasteiger partial charge in [-0.3, -0.25) is 4.79 Å². The van der Waals surface area contributed by atoms with E-state index in [1.54, 1.807) is 30.3 Å². The zero-order valence-electron chi connectivity index (χ0n) is 15.0. The van der Waals surface area contributed by atoms with Crippen LogP contribution in [0.2, 0.25) is 5.02 Å². The molecule has 0 aliphatic carbocycles. The number of hydrogen-bond donors (Lipinski definition) is 1. The molecule has 0 fully saturated rings. The van der Waals surface area contributed by atoms with Gasteiger partial charge < -0.3 is 10.1 Å². The molecule has 1 amide bonds. The van der Waals surface area contributed by atoms with Gasteiger partial charge in [0.1, 0.15) is 11.6 Å². The van der Waals surface area contributed by atoms with Crippen LogP contribution >= 0.6 is 11.6 Å². The van der Waals surface area contributed by atoms with Gasteiger partial charge in [0, 0.05) is 11.6 Å². The lowest BCUT2D eigenvalue weighted by Gasteiger charge is -2.13. The molecule has 0 radical (unpaired) electrons. The molecule has 0 spiro atoms. The number of carbonyl (C=O) groups excluding carboxylic acids is 2. The van der Waals surface area contributed by atoms with Crippen molar-refractivity contribution in [2.75, 3.05) is 0 Å². The van der Waals surface area contributed by atoms with Crippen molar-refractivity contribution in [3.8, 4) is 6.07 Å². The first-order valence-electron chi connectivity index (χ1n) is 8.31. The standard InChI is InChI=1S/C21H19ClN2O3/c1-14-7-9-16(10-8-14)11-18(12-23)21(26)27-15(2)20(25)24-13-17-5-3-4-6-19(17)22/h3-11,15H,13H2,1-2H3,(H,24,25)/b18-11+/t15-/m0/s1.